The van der Waals surface area contributed by atoms with Crippen molar-refractivity contribution in [1.82, 2.24) is 10.2 Å². The maximum absolute atomic E-state index is 12.5. The topological polar surface area (TPSA) is 69.6 Å². The van der Waals surface area contributed by atoms with Gasteiger partial charge >= 0.3 is 6.03 Å². The summed E-state index contributed by atoms with van der Waals surface area (Å²) < 4.78 is 0. The Labute approximate surface area is 147 Å². The first-order valence-corrected chi connectivity index (χ1v) is 8.45. The van der Waals surface area contributed by atoms with Crippen LogP contribution in [-0.2, 0) is 11.2 Å². The number of aliphatic hydroxyl groups is 1. The third-order valence-corrected chi connectivity index (χ3v) is 4.49. The SMILES string of the molecule is Cc1ccc(C(O)CN2C(=O)NC(CCc3ccccc3)C2=O)cc1. The Hall–Kier alpha value is -2.66. The highest BCUT2D eigenvalue weighted by Gasteiger charge is 2.38. The zero-order valence-corrected chi connectivity index (χ0v) is 14.2. The molecule has 25 heavy (non-hydrogen) atoms. The Morgan fingerprint density at radius 1 is 1.08 bits per heavy atom. The average Bonchev–Trinajstić information content (AvgIpc) is 2.89. The molecule has 0 spiro atoms. The third kappa shape index (κ3) is 4.06. The standard InChI is InChI=1S/C20H22N2O3/c1-14-7-10-16(11-8-14)18(23)13-22-19(24)17(21-20(22)25)12-9-15-5-3-2-4-6-15/h2-8,10-11,17-18,23H,9,12-13H2,1H3,(H,21,25). The summed E-state index contributed by atoms with van der Waals surface area (Å²) in [5, 5.41) is 13.0. The van der Waals surface area contributed by atoms with Gasteiger partial charge in [0.05, 0.1) is 12.6 Å². The number of urea groups is 1. The highest BCUT2D eigenvalue weighted by molar-refractivity contribution is 6.04. The van der Waals surface area contributed by atoms with Crippen LogP contribution in [0, 0.1) is 6.92 Å². The molecule has 2 aromatic rings. The van der Waals surface area contributed by atoms with Gasteiger partial charge in [-0.2, -0.15) is 0 Å². The number of hydrogen-bond donors (Lipinski definition) is 2. The van der Waals surface area contributed by atoms with Gasteiger partial charge in [0.2, 0.25) is 0 Å². The van der Waals surface area contributed by atoms with Crippen molar-refractivity contribution in [1.29, 1.82) is 0 Å². The van der Waals surface area contributed by atoms with Gasteiger partial charge < -0.3 is 10.4 Å². The molecule has 3 amide bonds. The minimum Gasteiger partial charge on any atom is -0.387 e. The lowest BCUT2D eigenvalue weighted by atomic mass is 10.0. The van der Waals surface area contributed by atoms with Crippen LogP contribution in [0.15, 0.2) is 54.6 Å². The second-order valence-electron chi connectivity index (χ2n) is 6.40. The number of β-amino-alcohol motifs (C(OH)–C–C–N with tert-alkyl or cyclic N) is 1. The van der Waals surface area contributed by atoms with Crippen molar-refractivity contribution < 1.29 is 14.7 Å². The molecular formula is C20H22N2O3. The van der Waals surface area contributed by atoms with Gasteiger partial charge in [-0.15, -0.1) is 0 Å². The van der Waals surface area contributed by atoms with Crippen molar-refractivity contribution in [3.8, 4) is 0 Å². The van der Waals surface area contributed by atoms with Gasteiger partial charge in [-0.1, -0.05) is 60.2 Å². The minimum atomic E-state index is -0.886. The molecule has 2 atom stereocenters. The molecule has 1 aliphatic rings. The van der Waals surface area contributed by atoms with Crippen LogP contribution in [0.2, 0.25) is 0 Å². The van der Waals surface area contributed by atoms with E-state index in [4.69, 9.17) is 0 Å². The van der Waals surface area contributed by atoms with Crippen LogP contribution in [0.5, 0.6) is 0 Å². The molecule has 0 aliphatic carbocycles. The van der Waals surface area contributed by atoms with Gasteiger partial charge in [-0.25, -0.2) is 4.79 Å². The van der Waals surface area contributed by atoms with Crippen LogP contribution in [0.1, 0.15) is 29.2 Å². The lowest BCUT2D eigenvalue weighted by molar-refractivity contribution is -0.128. The van der Waals surface area contributed by atoms with Crippen LogP contribution in [-0.4, -0.2) is 34.5 Å². The molecule has 0 aromatic heterocycles. The maximum Gasteiger partial charge on any atom is 0.324 e. The molecule has 5 heteroatoms. The van der Waals surface area contributed by atoms with Gasteiger partial charge in [0.15, 0.2) is 0 Å². The third-order valence-electron chi connectivity index (χ3n) is 4.49. The number of carbonyl (C=O) groups excluding carboxylic acids is 2. The summed E-state index contributed by atoms with van der Waals surface area (Å²) in [6.45, 7) is 1.93. The quantitative estimate of drug-likeness (QED) is 0.796. The molecule has 2 aromatic carbocycles. The zero-order chi connectivity index (χ0) is 17.8. The molecular weight excluding hydrogens is 316 g/mol. The van der Waals surface area contributed by atoms with Crippen molar-refractivity contribution in [2.45, 2.75) is 31.9 Å². The second-order valence-corrected chi connectivity index (χ2v) is 6.40. The highest BCUT2D eigenvalue weighted by Crippen LogP contribution is 2.19. The summed E-state index contributed by atoms with van der Waals surface area (Å²) in [6.07, 6.45) is 0.376. The van der Waals surface area contributed by atoms with Crippen molar-refractivity contribution in [2.24, 2.45) is 0 Å². The van der Waals surface area contributed by atoms with E-state index < -0.39 is 18.2 Å². The van der Waals surface area contributed by atoms with Gasteiger partial charge in [0, 0.05) is 0 Å². The van der Waals surface area contributed by atoms with Gasteiger partial charge in [-0.3, -0.25) is 9.69 Å². The molecule has 0 radical (unpaired) electrons. The van der Waals surface area contributed by atoms with Crippen molar-refractivity contribution >= 4 is 11.9 Å². The zero-order valence-electron chi connectivity index (χ0n) is 14.2. The average molecular weight is 338 g/mol. The number of nitrogens with zero attached hydrogens (tertiary/aromatic N) is 1. The van der Waals surface area contributed by atoms with E-state index in [0.29, 0.717) is 18.4 Å². The van der Waals surface area contributed by atoms with Gasteiger partial charge in [0.1, 0.15) is 6.04 Å². The van der Waals surface area contributed by atoms with Gasteiger partial charge in [-0.05, 0) is 30.9 Å². The van der Waals surface area contributed by atoms with E-state index in [9.17, 15) is 14.7 Å². The van der Waals surface area contributed by atoms with E-state index in [2.05, 4.69) is 5.32 Å². The second kappa shape index (κ2) is 7.49. The fourth-order valence-electron chi connectivity index (χ4n) is 2.97. The highest BCUT2D eigenvalue weighted by atomic mass is 16.3. The number of aliphatic hydroxyl groups excluding tert-OH is 1. The van der Waals surface area contributed by atoms with Crippen LogP contribution in [0.4, 0.5) is 4.79 Å². The van der Waals surface area contributed by atoms with Crippen LogP contribution < -0.4 is 5.32 Å². The normalized spacial score (nSPS) is 18.3. The Morgan fingerprint density at radius 2 is 1.76 bits per heavy atom. The Bertz CT molecular complexity index is 743. The fourth-order valence-corrected chi connectivity index (χ4v) is 2.97. The maximum atomic E-state index is 12.5. The van der Waals surface area contributed by atoms with E-state index in [1.165, 1.54) is 0 Å². The van der Waals surface area contributed by atoms with Crippen LogP contribution in [0.3, 0.4) is 0 Å². The summed E-state index contributed by atoms with van der Waals surface area (Å²) in [7, 11) is 0. The number of amides is 3. The number of carbonyl (C=O) groups is 2. The Morgan fingerprint density at radius 3 is 2.44 bits per heavy atom. The molecule has 2 N–H and O–H groups in total. The number of benzene rings is 2. The summed E-state index contributed by atoms with van der Waals surface area (Å²) in [6, 6.07) is 16.3. The molecule has 5 nitrogen and oxygen atoms in total. The first-order chi connectivity index (χ1) is 12.0. The first-order valence-electron chi connectivity index (χ1n) is 8.45. The molecule has 0 bridgehead atoms. The van der Waals surface area contributed by atoms with Crippen molar-refractivity contribution in [3.63, 3.8) is 0 Å². The molecule has 0 saturated carbocycles. The molecule has 3 rings (SSSR count). The minimum absolute atomic E-state index is 0.0322. The van der Waals surface area contributed by atoms with Crippen LogP contribution in [0.25, 0.3) is 0 Å². The number of nitrogens with one attached hydrogen (secondary N) is 1. The molecule has 2 unspecified atom stereocenters. The molecule has 1 fully saturated rings. The predicted octanol–water partition coefficient (Wildman–Crippen LogP) is 2.58. The summed E-state index contributed by atoms with van der Waals surface area (Å²) >= 11 is 0. The molecule has 1 aliphatic heterocycles. The molecule has 1 heterocycles. The lowest BCUT2D eigenvalue weighted by Crippen LogP contribution is -2.35. The lowest BCUT2D eigenvalue weighted by Gasteiger charge is -2.18. The first kappa shape index (κ1) is 17.2. The smallest absolute Gasteiger partial charge is 0.324 e. The fraction of sp³-hybridized carbons (Fsp3) is 0.300. The van der Waals surface area contributed by atoms with E-state index in [0.717, 1.165) is 16.0 Å². The monoisotopic (exact) mass is 338 g/mol. The number of imide groups is 1. The predicted molar refractivity (Wildman–Crippen MR) is 94.9 cm³/mol. The summed E-state index contributed by atoms with van der Waals surface area (Å²) in [5.41, 5.74) is 2.91. The van der Waals surface area contributed by atoms with Gasteiger partial charge in [0.25, 0.3) is 5.91 Å². The number of rotatable bonds is 6. The van der Waals surface area contributed by atoms with E-state index in [1.807, 2.05) is 61.5 Å². The molecule has 130 valence electrons. The van der Waals surface area contributed by atoms with E-state index in [1.54, 1.807) is 0 Å². The van der Waals surface area contributed by atoms with Crippen molar-refractivity contribution in [3.05, 3.63) is 71.3 Å². The largest absolute Gasteiger partial charge is 0.387 e. The molecule has 1 saturated heterocycles. The number of aryl methyl sites for hydroxylation is 2. The Kier molecular flexibility index (Phi) is 5.14. The number of hydrogen-bond acceptors (Lipinski definition) is 3. The van der Waals surface area contributed by atoms with E-state index >= 15 is 0 Å². The summed E-state index contributed by atoms with van der Waals surface area (Å²) in [5.74, 6) is -0.271. The van der Waals surface area contributed by atoms with E-state index in [-0.39, 0.29) is 12.5 Å². The van der Waals surface area contributed by atoms with Crippen molar-refractivity contribution in [2.75, 3.05) is 6.54 Å². The summed E-state index contributed by atoms with van der Waals surface area (Å²) in [4.78, 5) is 25.7. The van der Waals surface area contributed by atoms with Crippen LogP contribution >= 0.6 is 0 Å². The Balaban J connectivity index is 1.60.